The molecule has 42 heavy (non-hydrogen) atoms. The second kappa shape index (κ2) is 12.0. The summed E-state index contributed by atoms with van der Waals surface area (Å²) in [5.74, 6) is 1.21. The van der Waals surface area contributed by atoms with Crippen LogP contribution in [0.4, 0.5) is 17.6 Å². The fourth-order valence-corrected chi connectivity index (χ4v) is 6.55. The zero-order valence-corrected chi connectivity index (χ0v) is 24.0. The summed E-state index contributed by atoms with van der Waals surface area (Å²) in [5.41, 5.74) is 12.3. The summed E-state index contributed by atoms with van der Waals surface area (Å²) in [6, 6.07) is 15.3. The minimum Gasteiger partial charge on any atom is -0.366 e. The van der Waals surface area contributed by atoms with Crippen molar-refractivity contribution in [2.75, 3.05) is 43.8 Å². The highest BCUT2D eigenvalue weighted by Crippen LogP contribution is 2.31. The predicted molar refractivity (Wildman–Crippen MR) is 166 cm³/mol. The van der Waals surface area contributed by atoms with Gasteiger partial charge in [-0.15, -0.1) is 15.3 Å². The van der Waals surface area contributed by atoms with Crippen molar-refractivity contribution in [3.8, 4) is 17.1 Å². The Morgan fingerprint density at radius 3 is 2.60 bits per heavy atom. The van der Waals surface area contributed by atoms with Crippen LogP contribution in [0.25, 0.3) is 23.2 Å². The number of nitrogens with one attached hydrogen (secondary N) is 1. The summed E-state index contributed by atoms with van der Waals surface area (Å²) in [4.78, 5) is 14.3. The molecule has 0 unspecified atom stereocenters. The van der Waals surface area contributed by atoms with Crippen molar-refractivity contribution in [3.63, 3.8) is 0 Å². The third kappa shape index (κ3) is 5.77. The number of likely N-dealkylation sites (tertiary alicyclic amines) is 2. The summed E-state index contributed by atoms with van der Waals surface area (Å²) >= 11 is 0. The Kier molecular flexibility index (Phi) is 7.63. The first kappa shape index (κ1) is 26.7. The molecule has 3 N–H and O–H groups in total. The molecule has 7 rings (SSSR count). The number of benzene rings is 1. The number of anilines is 3. The quantitative estimate of drug-likeness (QED) is 0.336. The molecule has 0 atom stereocenters. The molecule has 0 spiro atoms. The average molecular weight is 563 g/mol. The summed E-state index contributed by atoms with van der Waals surface area (Å²) < 4.78 is 1.61. The topological polar surface area (TPSA) is 114 Å². The number of hydrogen-bond acceptors (Lipinski definition) is 9. The highest BCUT2D eigenvalue weighted by molar-refractivity contribution is 5.68. The van der Waals surface area contributed by atoms with Crippen molar-refractivity contribution in [1.29, 1.82) is 0 Å². The van der Waals surface area contributed by atoms with Crippen LogP contribution in [-0.2, 0) is 12.8 Å². The molecule has 10 nitrogen and oxygen atoms in total. The molecule has 0 bridgehead atoms. The van der Waals surface area contributed by atoms with Crippen molar-refractivity contribution < 1.29 is 0 Å². The van der Waals surface area contributed by atoms with Gasteiger partial charge in [-0.1, -0.05) is 30.3 Å². The standard InChI is InChI=1S/C32H38N10/c33-31-36-32(42(39-31)29-21-24-9-5-8-23-7-1-2-11-28(23)30(24)38-37-29)35-26-13-12-25(34-22-26)10-6-16-40-19-14-27(15-20-40)41-17-3-4-18-41/h1-2,6-7,10-13,21-22,27H,3-5,8-9,14-20H2,(H3,33,35,36,39). The lowest BCUT2D eigenvalue weighted by Gasteiger charge is -2.36. The number of rotatable bonds is 7. The van der Waals surface area contributed by atoms with Crippen molar-refractivity contribution in [3.05, 3.63) is 71.6 Å². The SMILES string of the molecule is Nc1nc(Nc2ccc(C=CCN3CCC(N4CCCC4)CC3)nc2)n(-c2cc3c(nn2)-c2ccccc2CCC3)n1. The fourth-order valence-electron chi connectivity index (χ4n) is 6.55. The lowest BCUT2D eigenvalue weighted by atomic mass is 10.0. The molecule has 216 valence electrons. The number of piperidine rings is 1. The van der Waals surface area contributed by atoms with Gasteiger partial charge in [0, 0.05) is 18.2 Å². The number of pyridine rings is 1. The molecule has 3 aliphatic rings. The number of nitrogens with two attached hydrogens (primary N) is 1. The lowest BCUT2D eigenvalue weighted by Crippen LogP contribution is -2.43. The second-order valence-electron chi connectivity index (χ2n) is 11.6. The number of fused-ring (bicyclic) bond motifs is 3. The highest BCUT2D eigenvalue weighted by Gasteiger charge is 2.26. The molecule has 0 saturated carbocycles. The third-order valence-electron chi connectivity index (χ3n) is 8.77. The molecule has 2 fully saturated rings. The van der Waals surface area contributed by atoms with Crippen LogP contribution in [-0.4, -0.2) is 78.5 Å². The maximum absolute atomic E-state index is 6.01. The zero-order chi connectivity index (χ0) is 28.3. The first-order valence-corrected chi connectivity index (χ1v) is 15.2. The minimum absolute atomic E-state index is 0.163. The van der Waals surface area contributed by atoms with Crippen LogP contribution < -0.4 is 11.1 Å². The molecule has 4 aromatic rings. The van der Waals surface area contributed by atoms with Crippen LogP contribution in [0.3, 0.4) is 0 Å². The van der Waals surface area contributed by atoms with Gasteiger partial charge < -0.3 is 16.0 Å². The smallest absolute Gasteiger partial charge is 0.241 e. The molecule has 3 aromatic heterocycles. The van der Waals surface area contributed by atoms with E-state index in [0.717, 1.165) is 60.1 Å². The Bertz CT molecular complexity index is 1550. The van der Waals surface area contributed by atoms with Gasteiger partial charge in [0.1, 0.15) is 0 Å². The molecular formula is C32H38N10. The normalized spacial score (nSPS) is 18.2. The van der Waals surface area contributed by atoms with Gasteiger partial charge in [0.2, 0.25) is 11.9 Å². The molecule has 2 saturated heterocycles. The Hall–Kier alpha value is -4.15. The molecule has 5 heterocycles. The van der Waals surface area contributed by atoms with Gasteiger partial charge in [0.15, 0.2) is 5.82 Å². The van der Waals surface area contributed by atoms with Crippen molar-refractivity contribution in [2.24, 2.45) is 0 Å². The van der Waals surface area contributed by atoms with Gasteiger partial charge in [-0.05, 0) is 107 Å². The second-order valence-corrected chi connectivity index (χ2v) is 11.6. The average Bonchev–Trinajstić information content (AvgIpc) is 3.65. The lowest BCUT2D eigenvalue weighted by molar-refractivity contribution is 0.135. The van der Waals surface area contributed by atoms with Crippen molar-refractivity contribution >= 4 is 23.7 Å². The number of hydrogen-bond donors (Lipinski definition) is 2. The number of nitrogens with zero attached hydrogens (tertiary/aromatic N) is 8. The van der Waals surface area contributed by atoms with E-state index in [1.165, 1.54) is 57.4 Å². The highest BCUT2D eigenvalue weighted by atomic mass is 15.5. The van der Waals surface area contributed by atoms with E-state index in [2.05, 4.69) is 76.8 Å². The van der Waals surface area contributed by atoms with Gasteiger partial charge in [-0.3, -0.25) is 9.88 Å². The summed E-state index contributed by atoms with van der Waals surface area (Å²) in [5, 5.41) is 16.8. The summed E-state index contributed by atoms with van der Waals surface area (Å²) in [6.07, 6.45) is 14.4. The maximum atomic E-state index is 6.01. The van der Waals surface area contributed by atoms with E-state index in [0.29, 0.717) is 11.8 Å². The maximum Gasteiger partial charge on any atom is 0.241 e. The van der Waals surface area contributed by atoms with Crippen LogP contribution in [0.2, 0.25) is 0 Å². The van der Waals surface area contributed by atoms with Gasteiger partial charge in [0.05, 0.1) is 23.3 Å². The summed E-state index contributed by atoms with van der Waals surface area (Å²) in [6.45, 7) is 5.90. The van der Waals surface area contributed by atoms with Crippen molar-refractivity contribution in [1.82, 2.24) is 39.7 Å². The fraction of sp³-hybridized carbons (Fsp3) is 0.406. The molecule has 1 aromatic carbocycles. The van der Waals surface area contributed by atoms with Gasteiger partial charge in [-0.25, -0.2) is 0 Å². The van der Waals surface area contributed by atoms with Gasteiger partial charge in [-0.2, -0.15) is 9.67 Å². The van der Waals surface area contributed by atoms with Crippen LogP contribution in [0.5, 0.6) is 0 Å². The Labute approximate surface area is 246 Å². The van der Waals surface area contributed by atoms with E-state index in [1.54, 1.807) is 10.9 Å². The van der Waals surface area contributed by atoms with Crippen LogP contribution >= 0.6 is 0 Å². The molecular weight excluding hydrogens is 524 g/mol. The van der Waals surface area contributed by atoms with E-state index in [-0.39, 0.29) is 5.95 Å². The first-order chi connectivity index (χ1) is 20.7. The van der Waals surface area contributed by atoms with Crippen LogP contribution in [0.1, 0.15) is 48.9 Å². The number of nitrogen functional groups attached to an aromatic ring is 1. The molecule has 0 amide bonds. The van der Waals surface area contributed by atoms with Crippen LogP contribution in [0, 0.1) is 0 Å². The van der Waals surface area contributed by atoms with Crippen molar-refractivity contribution in [2.45, 2.75) is 51.0 Å². The van der Waals surface area contributed by atoms with Crippen LogP contribution in [0.15, 0.2) is 54.7 Å². The monoisotopic (exact) mass is 562 g/mol. The Morgan fingerprint density at radius 2 is 1.76 bits per heavy atom. The Balaban J connectivity index is 0.994. The first-order valence-electron chi connectivity index (χ1n) is 15.2. The predicted octanol–water partition coefficient (Wildman–Crippen LogP) is 4.51. The molecule has 2 aliphatic heterocycles. The van der Waals surface area contributed by atoms with E-state index in [9.17, 15) is 0 Å². The molecule has 10 heteroatoms. The largest absolute Gasteiger partial charge is 0.366 e. The van der Waals surface area contributed by atoms with Gasteiger partial charge in [0.25, 0.3) is 0 Å². The van der Waals surface area contributed by atoms with Gasteiger partial charge >= 0.3 is 0 Å². The third-order valence-corrected chi connectivity index (χ3v) is 8.77. The summed E-state index contributed by atoms with van der Waals surface area (Å²) in [7, 11) is 0. The molecule has 1 aliphatic carbocycles. The Morgan fingerprint density at radius 1 is 0.929 bits per heavy atom. The van der Waals surface area contributed by atoms with E-state index in [4.69, 9.17) is 5.73 Å². The minimum atomic E-state index is 0.163. The number of aromatic nitrogens is 6. The number of aryl methyl sites for hydroxylation is 2. The van der Waals surface area contributed by atoms with E-state index in [1.807, 2.05) is 18.2 Å². The van der Waals surface area contributed by atoms with E-state index < -0.39 is 0 Å². The van der Waals surface area contributed by atoms with E-state index >= 15 is 0 Å². The molecule has 0 radical (unpaired) electrons. The zero-order valence-electron chi connectivity index (χ0n) is 24.0.